The van der Waals surface area contributed by atoms with Crippen LogP contribution in [0.25, 0.3) is 0 Å². The van der Waals surface area contributed by atoms with Crippen molar-refractivity contribution in [2.24, 2.45) is 0 Å². The summed E-state index contributed by atoms with van der Waals surface area (Å²) in [6, 6.07) is 2.60. The minimum absolute atomic E-state index is 0.0958. The zero-order valence-electron chi connectivity index (χ0n) is 9.45. The molecule has 0 bridgehead atoms. The summed E-state index contributed by atoms with van der Waals surface area (Å²) in [6.07, 6.45) is 1.04. The molecule has 1 aromatic rings. The molecule has 0 aromatic heterocycles. The minimum atomic E-state index is -3.54. The summed E-state index contributed by atoms with van der Waals surface area (Å²) in [7, 11) is -2.01. The fourth-order valence-electron chi connectivity index (χ4n) is 1.33. The first-order valence-corrected chi connectivity index (χ1v) is 6.79. The molecule has 0 spiro atoms. The lowest BCUT2D eigenvalue weighted by atomic mass is 10.3. The van der Waals surface area contributed by atoms with Gasteiger partial charge in [0.1, 0.15) is 0 Å². The Hall–Kier alpha value is -1.01. The number of hydrogen-bond acceptors (Lipinski definition) is 3. The molecule has 0 amide bonds. The Kier molecular flexibility index (Phi) is 5.02. The lowest BCUT2D eigenvalue weighted by molar-refractivity contribution is 0.194. The summed E-state index contributed by atoms with van der Waals surface area (Å²) in [4.78, 5) is -0.186. The van der Waals surface area contributed by atoms with Gasteiger partial charge in [-0.1, -0.05) is 0 Å². The van der Waals surface area contributed by atoms with Crippen molar-refractivity contribution < 1.29 is 21.9 Å². The van der Waals surface area contributed by atoms with E-state index in [0.29, 0.717) is 25.5 Å². The van der Waals surface area contributed by atoms with Crippen molar-refractivity contribution in [3.63, 3.8) is 0 Å². The Morgan fingerprint density at radius 1 is 1.18 bits per heavy atom. The van der Waals surface area contributed by atoms with Gasteiger partial charge in [-0.25, -0.2) is 17.2 Å². The summed E-state index contributed by atoms with van der Waals surface area (Å²) >= 11 is 0. The second-order valence-electron chi connectivity index (χ2n) is 3.59. The number of hydrogen-bond donors (Lipinski definition) is 0. The van der Waals surface area contributed by atoms with Gasteiger partial charge in [0.15, 0.2) is 21.5 Å². The van der Waals surface area contributed by atoms with E-state index in [1.807, 2.05) is 0 Å². The first-order valence-electron chi connectivity index (χ1n) is 5.14. The summed E-state index contributed by atoms with van der Waals surface area (Å²) < 4.78 is 53.8. The highest BCUT2D eigenvalue weighted by molar-refractivity contribution is 7.91. The lowest BCUT2D eigenvalue weighted by Crippen LogP contribution is -2.08. The van der Waals surface area contributed by atoms with Crippen LogP contribution in [0.5, 0.6) is 0 Å². The molecule has 0 atom stereocenters. The number of halogens is 2. The van der Waals surface area contributed by atoms with Gasteiger partial charge in [0.2, 0.25) is 0 Å². The van der Waals surface area contributed by atoms with Crippen molar-refractivity contribution in [3.05, 3.63) is 29.8 Å². The third-order valence-corrected chi connectivity index (χ3v) is 4.06. The number of benzene rings is 1. The molecule has 0 heterocycles. The number of ether oxygens (including phenoxy) is 1. The van der Waals surface area contributed by atoms with E-state index in [2.05, 4.69) is 0 Å². The average Bonchev–Trinajstić information content (AvgIpc) is 2.28. The molecule has 0 saturated carbocycles. The molecule has 1 rings (SSSR count). The number of rotatable bonds is 6. The second kappa shape index (κ2) is 6.07. The molecule has 1 aromatic carbocycles. The van der Waals surface area contributed by atoms with Crippen LogP contribution in [0.3, 0.4) is 0 Å². The van der Waals surface area contributed by atoms with Crippen LogP contribution in [0.1, 0.15) is 12.8 Å². The standard InChI is InChI=1S/C11H14F2O3S/c1-16-6-2-3-7-17(14,15)9-4-5-10(12)11(13)8-9/h4-5,8H,2-3,6-7H2,1H3. The van der Waals surface area contributed by atoms with E-state index in [1.165, 1.54) is 7.11 Å². The van der Waals surface area contributed by atoms with Crippen LogP contribution >= 0.6 is 0 Å². The summed E-state index contributed by atoms with van der Waals surface area (Å²) in [5.41, 5.74) is 0. The molecule has 0 saturated heterocycles. The van der Waals surface area contributed by atoms with E-state index in [4.69, 9.17) is 4.74 Å². The van der Waals surface area contributed by atoms with E-state index in [0.717, 1.165) is 12.1 Å². The topological polar surface area (TPSA) is 43.4 Å². The number of methoxy groups -OCH3 is 1. The maximum Gasteiger partial charge on any atom is 0.178 e. The van der Waals surface area contributed by atoms with Crippen molar-refractivity contribution in [1.29, 1.82) is 0 Å². The lowest BCUT2D eigenvalue weighted by Gasteiger charge is -2.04. The van der Waals surface area contributed by atoms with Gasteiger partial charge in [-0.05, 0) is 31.0 Å². The van der Waals surface area contributed by atoms with E-state index in [9.17, 15) is 17.2 Å². The molecule has 0 unspecified atom stereocenters. The van der Waals surface area contributed by atoms with E-state index in [1.54, 1.807) is 0 Å². The van der Waals surface area contributed by atoms with Crippen molar-refractivity contribution in [2.45, 2.75) is 17.7 Å². The highest BCUT2D eigenvalue weighted by Crippen LogP contribution is 2.16. The summed E-state index contributed by atoms with van der Waals surface area (Å²) in [6.45, 7) is 0.479. The molecule has 3 nitrogen and oxygen atoms in total. The quantitative estimate of drug-likeness (QED) is 0.584. The largest absolute Gasteiger partial charge is 0.385 e. The zero-order valence-corrected chi connectivity index (χ0v) is 10.3. The number of sulfone groups is 1. The Bertz CT molecular complexity index is 472. The van der Waals surface area contributed by atoms with Crippen LogP contribution in [0.15, 0.2) is 23.1 Å². The van der Waals surface area contributed by atoms with Crippen molar-refractivity contribution in [1.82, 2.24) is 0 Å². The molecule has 0 radical (unpaired) electrons. The SMILES string of the molecule is COCCCCS(=O)(=O)c1ccc(F)c(F)c1. The van der Waals surface area contributed by atoms with Crippen LogP contribution in [-0.2, 0) is 14.6 Å². The van der Waals surface area contributed by atoms with E-state index in [-0.39, 0.29) is 10.6 Å². The predicted octanol–water partition coefficient (Wildman–Crippen LogP) is 2.17. The van der Waals surface area contributed by atoms with Gasteiger partial charge in [-0.15, -0.1) is 0 Å². The molecular weight excluding hydrogens is 250 g/mol. The van der Waals surface area contributed by atoms with Gasteiger partial charge in [-0.3, -0.25) is 0 Å². The van der Waals surface area contributed by atoms with Crippen molar-refractivity contribution >= 4 is 9.84 Å². The average molecular weight is 264 g/mol. The Morgan fingerprint density at radius 2 is 1.88 bits per heavy atom. The first-order chi connectivity index (χ1) is 7.97. The van der Waals surface area contributed by atoms with Crippen LogP contribution in [0, 0.1) is 11.6 Å². The molecular formula is C11H14F2O3S. The van der Waals surface area contributed by atoms with Crippen molar-refractivity contribution in [3.8, 4) is 0 Å². The smallest absolute Gasteiger partial charge is 0.178 e. The van der Waals surface area contributed by atoms with Gasteiger partial charge >= 0.3 is 0 Å². The first kappa shape index (κ1) is 14.1. The summed E-state index contributed by atoms with van der Waals surface area (Å²) in [5.74, 6) is -2.30. The molecule has 0 aliphatic heterocycles. The normalized spacial score (nSPS) is 11.7. The highest BCUT2D eigenvalue weighted by Gasteiger charge is 2.16. The van der Waals surface area contributed by atoms with Crippen LogP contribution in [0.4, 0.5) is 8.78 Å². The Morgan fingerprint density at radius 3 is 2.47 bits per heavy atom. The molecule has 0 fully saturated rings. The van der Waals surface area contributed by atoms with Gasteiger partial charge in [0, 0.05) is 13.7 Å². The third kappa shape index (κ3) is 4.05. The second-order valence-corrected chi connectivity index (χ2v) is 5.70. The molecule has 0 N–H and O–H groups in total. The summed E-state index contributed by atoms with van der Waals surface area (Å²) in [5, 5.41) is 0. The molecule has 6 heteroatoms. The predicted molar refractivity (Wildman–Crippen MR) is 59.5 cm³/mol. The molecule has 0 aliphatic rings. The van der Waals surface area contributed by atoms with E-state index >= 15 is 0 Å². The zero-order chi connectivity index (χ0) is 12.9. The fourth-order valence-corrected chi connectivity index (χ4v) is 2.70. The highest BCUT2D eigenvalue weighted by atomic mass is 32.2. The van der Waals surface area contributed by atoms with Gasteiger partial charge in [-0.2, -0.15) is 0 Å². The monoisotopic (exact) mass is 264 g/mol. The maximum absolute atomic E-state index is 12.9. The van der Waals surface area contributed by atoms with Gasteiger partial charge in [0.25, 0.3) is 0 Å². The van der Waals surface area contributed by atoms with Crippen LogP contribution < -0.4 is 0 Å². The van der Waals surface area contributed by atoms with Crippen LogP contribution in [-0.4, -0.2) is 27.9 Å². The molecule has 17 heavy (non-hydrogen) atoms. The number of unbranched alkanes of at least 4 members (excludes halogenated alkanes) is 1. The van der Waals surface area contributed by atoms with Crippen LogP contribution in [0.2, 0.25) is 0 Å². The van der Waals surface area contributed by atoms with Gasteiger partial charge < -0.3 is 4.74 Å². The van der Waals surface area contributed by atoms with E-state index < -0.39 is 21.5 Å². The Labute approximate surface area is 99.3 Å². The molecule has 96 valence electrons. The van der Waals surface area contributed by atoms with Crippen molar-refractivity contribution in [2.75, 3.05) is 19.5 Å². The third-order valence-electron chi connectivity index (χ3n) is 2.26. The fraction of sp³-hybridized carbons (Fsp3) is 0.455. The minimum Gasteiger partial charge on any atom is -0.385 e. The maximum atomic E-state index is 12.9. The van der Waals surface area contributed by atoms with Gasteiger partial charge in [0.05, 0.1) is 10.6 Å². The Balaban J connectivity index is 2.72. The molecule has 0 aliphatic carbocycles.